The summed E-state index contributed by atoms with van der Waals surface area (Å²) in [4.78, 5) is 24.9. The van der Waals surface area contributed by atoms with Gasteiger partial charge in [-0.3, -0.25) is 9.59 Å². The summed E-state index contributed by atoms with van der Waals surface area (Å²) in [5, 5.41) is 2.82. The smallest absolute Gasteiger partial charge is 0.239 e. The van der Waals surface area contributed by atoms with Crippen molar-refractivity contribution in [3.05, 3.63) is 0 Å². The Morgan fingerprint density at radius 2 is 2.11 bits per heavy atom. The fourth-order valence-corrected chi connectivity index (χ4v) is 2.22. The maximum atomic E-state index is 12.1. The minimum Gasteiger partial charge on any atom is -0.356 e. The molecule has 0 aromatic heterocycles. The first kappa shape index (κ1) is 15.0. The van der Waals surface area contributed by atoms with Crippen LogP contribution >= 0.6 is 0 Å². The number of nitrogens with two attached hydrogens (primary N) is 1. The van der Waals surface area contributed by atoms with Crippen LogP contribution in [0.2, 0.25) is 0 Å². The second-order valence-electron chi connectivity index (χ2n) is 5.50. The molecule has 104 valence electrons. The zero-order valence-corrected chi connectivity index (χ0v) is 11.6. The molecule has 0 bridgehead atoms. The highest BCUT2D eigenvalue weighted by atomic mass is 16.2. The normalized spacial score (nSPS) is 21.8. The van der Waals surface area contributed by atoms with Gasteiger partial charge in [-0.15, -0.1) is 0 Å². The lowest BCUT2D eigenvalue weighted by molar-refractivity contribution is -0.135. The molecule has 2 amide bonds. The van der Waals surface area contributed by atoms with Crippen molar-refractivity contribution in [3.8, 4) is 0 Å². The summed E-state index contributed by atoms with van der Waals surface area (Å²) in [6.07, 6.45) is 2.04. The third-order valence-electron chi connectivity index (χ3n) is 3.47. The zero-order chi connectivity index (χ0) is 13.7. The standard InChI is InChI=1S/C13H25N3O2/c1-9(2)12(14)13(18)16-6-4-5-11(8-16)7-15-10(3)17/h9,11-12H,4-8,14H2,1-3H3,(H,15,17)/t11?,12-/m0/s1. The molecule has 1 unspecified atom stereocenters. The van der Waals surface area contributed by atoms with Crippen molar-refractivity contribution in [1.29, 1.82) is 0 Å². The highest BCUT2D eigenvalue weighted by Gasteiger charge is 2.28. The van der Waals surface area contributed by atoms with E-state index in [2.05, 4.69) is 5.32 Å². The molecule has 1 fully saturated rings. The summed E-state index contributed by atoms with van der Waals surface area (Å²) < 4.78 is 0. The third kappa shape index (κ3) is 4.29. The summed E-state index contributed by atoms with van der Waals surface area (Å²) in [7, 11) is 0. The van der Waals surface area contributed by atoms with Crippen molar-refractivity contribution in [2.24, 2.45) is 17.6 Å². The monoisotopic (exact) mass is 255 g/mol. The Morgan fingerprint density at radius 1 is 1.44 bits per heavy atom. The summed E-state index contributed by atoms with van der Waals surface area (Å²) >= 11 is 0. The van der Waals surface area contributed by atoms with Gasteiger partial charge in [0.1, 0.15) is 0 Å². The highest BCUT2D eigenvalue weighted by molar-refractivity contribution is 5.82. The molecule has 0 spiro atoms. The van der Waals surface area contributed by atoms with Crippen molar-refractivity contribution < 1.29 is 9.59 Å². The third-order valence-corrected chi connectivity index (χ3v) is 3.47. The van der Waals surface area contributed by atoms with Crippen LogP contribution in [0, 0.1) is 11.8 Å². The molecular formula is C13H25N3O2. The van der Waals surface area contributed by atoms with Gasteiger partial charge in [0.05, 0.1) is 6.04 Å². The Hall–Kier alpha value is -1.10. The van der Waals surface area contributed by atoms with E-state index in [-0.39, 0.29) is 17.7 Å². The molecule has 5 nitrogen and oxygen atoms in total. The van der Waals surface area contributed by atoms with Crippen LogP contribution in [0.4, 0.5) is 0 Å². The number of hydrogen-bond acceptors (Lipinski definition) is 3. The van der Waals surface area contributed by atoms with E-state index < -0.39 is 6.04 Å². The van der Waals surface area contributed by atoms with Crippen molar-refractivity contribution in [3.63, 3.8) is 0 Å². The van der Waals surface area contributed by atoms with Gasteiger partial charge in [0.2, 0.25) is 11.8 Å². The van der Waals surface area contributed by atoms with Crippen LogP contribution in [0.3, 0.4) is 0 Å². The fraction of sp³-hybridized carbons (Fsp3) is 0.846. The Bertz CT molecular complexity index is 305. The minimum atomic E-state index is -0.412. The van der Waals surface area contributed by atoms with Crippen LogP contribution in [0.25, 0.3) is 0 Å². The number of rotatable bonds is 4. The fourth-order valence-electron chi connectivity index (χ4n) is 2.22. The van der Waals surface area contributed by atoms with Crippen molar-refractivity contribution in [2.75, 3.05) is 19.6 Å². The number of carbonyl (C=O) groups excluding carboxylic acids is 2. The molecule has 5 heteroatoms. The van der Waals surface area contributed by atoms with Crippen LogP contribution in [0.15, 0.2) is 0 Å². The Labute approximate surface area is 109 Å². The molecule has 1 rings (SSSR count). The zero-order valence-electron chi connectivity index (χ0n) is 11.6. The number of carbonyl (C=O) groups is 2. The van der Waals surface area contributed by atoms with Gasteiger partial charge >= 0.3 is 0 Å². The van der Waals surface area contributed by atoms with Crippen molar-refractivity contribution >= 4 is 11.8 Å². The second kappa shape index (κ2) is 6.73. The minimum absolute atomic E-state index is 0.0164. The SMILES string of the molecule is CC(=O)NCC1CCCN(C(=O)[C@@H](N)C(C)C)C1. The molecule has 2 atom stereocenters. The van der Waals surface area contributed by atoms with E-state index in [1.807, 2.05) is 18.7 Å². The molecule has 1 saturated heterocycles. The number of hydrogen-bond donors (Lipinski definition) is 2. The van der Waals surface area contributed by atoms with Gasteiger partial charge in [-0.1, -0.05) is 13.8 Å². The molecule has 0 radical (unpaired) electrons. The van der Waals surface area contributed by atoms with Crippen LogP contribution in [-0.2, 0) is 9.59 Å². The predicted octanol–water partition coefficient (Wildman–Crippen LogP) is 0.344. The van der Waals surface area contributed by atoms with Crippen LogP contribution in [0.1, 0.15) is 33.6 Å². The first-order valence-corrected chi connectivity index (χ1v) is 6.70. The largest absolute Gasteiger partial charge is 0.356 e. The van der Waals surface area contributed by atoms with E-state index in [0.29, 0.717) is 19.0 Å². The lowest BCUT2D eigenvalue weighted by Gasteiger charge is -2.35. The average molecular weight is 255 g/mol. The lowest BCUT2D eigenvalue weighted by atomic mass is 9.96. The molecule has 3 N–H and O–H groups in total. The summed E-state index contributed by atoms with van der Waals surface area (Å²) in [6, 6.07) is -0.412. The maximum absolute atomic E-state index is 12.1. The quantitative estimate of drug-likeness (QED) is 0.761. The predicted molar refractivity (Wildman–Crippen MR) is 70.8 cm³/mol. The number of nitrogens with zero attached hydrogens (tertiary/aromatic N) is 1. The van der Waals surface area contributed by atoms with Crippen molar-refractivity contribution in [2.45, 2.75) is 39.7 Å². The molecule has 0 aliphatic carbocycles. The van der Waals surface area contributed by atoms with E-state index >= 15 is 0 Å². The molecule has 1 aliphatic heterocycles. The summed E-state index contributed by atoms with van der Waals surface area (Å²) in [5.41, 5.74) is 5.90. The molecular weight excluding hydrogens is 230 g/mol. The lowest BCUT2D eigenvalue weighted by Crippen LogP contribution is -2.51. The van der Waals surface area contributed by atoms with Gasteiger partial charge in [-0.2, -0.15) is 0 Å². The van der Waals surface area contributed by atoms with Gasteiger partial charge in [-0.05, 0) is 24.7 Å². The van der Waals surface area contributed by atoms with E-state index in [9.17, 15) is 9.59 Å². The Balaban J connectivity index is 2.47. The average Bonchev–Trinajstić information content (AvgIpc) is 2.34. The van der Waals surface area contributed by atoms with Crippen LogP contribution in [-0.4, -0.2) is 42.4 Å². The van der Waals surface area contributed by atoms with Gasteiger partial charge in [0, 0.05) is 26.6 Å². The van der Waals surface area contributed by atoms with Gasteiger partial charge < -0.3 is 16.0 Å². The summed E-state index contributed by atoms with van der Waals surface area (Å²) in [6.45, 7) is 7.58. The van der Waals surface area contributed by atoms with Crippen LogP contribution < -0.4 is 11.1 Å². The Kier molecular flexibility index (Phi) is 5.59. The topological polar surface area (TPSA) is 75.4 Å². The molecule has 0 aromatic carbocycles. The van der Waals surface area contributed by atoms with E-state index in [1.165, 1.54) is 6.92 Å². The first-order chi connectivity index (χ1) is 8.41. The molecule has 18 heavy (non-hydrogen) atoms. The number of likely N-dealkylation sites (tertiary alicyclic amines) is 1. The first-order valence-electron chi connectivity index (χ1n) is 6.70. The summed E-state index contributed by atoms with van der Waals surface area (Å²) in [5.74, 6) is 0.536. The van der Waals surface area contributed by atoms with Crippen LogP contribution in [0.5, 0.6) is 0 Å². The van der Waals surface area contributed by atoms with E-state index in [1.54, 1.807) is 0 Å². The molecule has 1 aliphatic rings. The van der Waals surface area contributed by atoms with E-state index in [0.717, 1.165) is 19.4 Å². The molecule has 1 heterocycles. The number of nitrogens with one attached hydrogen (secondary N) is 1. The number of amides is 2. The van der Waals surface area contributed by atoms with Gasteiger partial charge in [-0.25, -0.2) is 0 Å². The molecule has 0 aromatic rings. The maximum Gasteiger partial charge on any atom is 0.239 e. The van der Waals surface area contributed by atoms with Gasteiger partial charge in [0.25, 0.3) is 0 Å². The number of piperidine rings is 1. The molecule has 0 saturated carbocycles. The Morgan fingerprint density at radius 3 is 2.67 bits per heavy atom. The van der Waals surface area contributed by atoms with E-state index in [4.69, 9.17) is 5.73 Å². The van der Waals surface area contributed by atoms with Gasteiger partial charge in [0.15, 0.2) is 0 Å². The van der Waals surface area contributed by atoms with Crippen molar-refractivity contribution in [1.82, 2.24) is 10.2 Å². The second-order valence-corrected chi connectivity index (χ2v) is 5.50. The highest BCUT2D eigenvalue weighted by Crippen LogP contribution is 2.17.